The number of carboxylic acid groups (broad SMARTS) is 1. The third kappa shape index (κ3) is 4.82. The summed E-state index contributed by atoms with van der Waals surface area (Å²) >= 11 is 1.19. The van der Waals surface area contributed by atoms with Crippen LogP contribution in [0.2, 0.25) is 0 Å². The maximum atomic E-state index is 11.3. The van der Waals surface area contributed by atoms with Crippen molar-refractivity contribution >= 4 is 54.3 Å². The Bertz CT molecular complexity index is 1460. The summed E-state index contributed by atoms with van der Waals surface area (Å²) in [5, 5.41) is 13.3. The standard InChI is InChI=1S/C11H14N4O4S.C8H6N2O2S/c1-6-10(12)11(13)15(14-6)7-3-4-8(19-2)9(5-7)20(16,17)18;9-8-10-5-3-1-2-4(7(11)12)6(5)13-8/h3-5H,12-13H2,1-2H3,(H,16,17,18);1-3H,(H2,9,10)(H,11,12). The predicted octanol–water partition coefficient (Wildman–Crippen LogP) is 2.18. The Labute approximate surface area is 192 Å². The smallest absolute Gasteiger partial charge is 0.337 e. The van der Waals surface area contributed by atoms with Gasteiger partial charge in [-0.2, -0.15) is 13.5 Å². The van der Waals surface area contributed by atoms with Gasteiger partial charge in [0, 0.05) is 0 Å². The van der Waals surface area contributed by atoms with Crippen molar-refractivity contribution in [3.8, 4) is 11.4 Å². The van der Waals surface area contributed by atoms with Gasteiger partial charge in [-0.3, -0.25) is 4.55 Å². The third-order valence-electron chi connectivity index (χ3n) is 4.48. The quantitative estimate of drug-likeness (QED) is 0.260. The van der Waals surface area contributed by atoms with Gasteiger partial charge in [-0.1, -0.05) is 17.4 Å². The lowest BCUT2D eigenvalue weighted by molar-refractivity contribution is 0.0699. The van der Waals surface area contributed by atoms with Gasteiger partial charge in [0.15, 0.2) is 10.9 Å². The summed E-state index contributed by atoms with van der Waals surface area (Å²) in [7, 11) is -3.13. The van der Waals surface area contributed by atoms with Gasteiger partial charge in [-0.15, -0.1) is 0 Å². The molecule has 0 saturated carbocycles. The van der Waals surface area contributed by atoms with Gasteiger partial charge in [0.2, 0.25) is 0 Å². The molecular weight excluding hydrogens is 472 g/mol. The fourth-order valence-corrected chi connectivity index (χ4v) is 4.40. The van der Waals surface area contributed by atoms with E-state index >= 15 is 0 Å². The summed E-state index contributed by atoms with van der Waals surface area (Å²) in [4.78, 5) is 14.4. The summed E-state index contributed by atoms with van der Waals surface area (Å²) in [6.07, 6.45) is 0. The van der Waals surface area contributed by atoms with Gasteiger partial charge in [-0.05, 0) is 37.3 Å². The first-order chi connectivity index (χ1) is 15.4. The molecule has 0 fully saturated rings. The SMILES string of the molecule is COc1ccc(-n2nc(C)c(N)c2N)cc1S(=O)(=O)O.Nc1nc2cccc(C(=O)O)c2s1. The number of hydrogen-bond donors (Lipinski definition) is 5. The van der Waals surface area contributed by atoms with Crippen molar-refractivity contribution in [3.63, 3.8) is 0 Å². The van der Waals surface area contributed by atoms with Crippen LogP contribution in [0.3, 0.4) is 0 Å². The predicted molar refractivity (Wildman–Crippen MR) is 124 cm³/mol. The van der Waals surface area contributed by atoms with E-state index < -0.39 is 16.1 Å². The van der Waals surface area contributed by atoms with Crippen LogP contribution >= 0.6 is 11.3 Å². The number of ether oxygens (including phenoxy) is 1. The normalized spacial score (nSPS) is 11.1. The van der Waals surface area contributed by atoms with Crippen LogP contribution in [0.4, 0.5) is 16.6 Å². The number of hydrogen-bond acceptors (Lipinski definition) is 10. The number of nitrogens with two attached hydrogens (primary N) is 3. The molecule has 2 heterocycles. The molecule has 174 valence electrons. The molecule has 4 rings (SSSR count). The summed E-state index contributed by atoms with van der Waals surface area (Å²) < 4.78 is 38.7. The van der Waals surface area contributed by atoms with Crippen LogP contribution in [0.25, 0.3) is 15.9 Å². The van der Waals surface area contributed by atoms with Crippen molar-refractivity contribution in [1.29, 1.82) is 0 Å². The Morgan fingerprint density at radius 1 is 1.18 bits per heavy atom. The molecule has 2 aromatic heterocycles. The number of nitrogen functional groups attached to an aromatic ring is 3. The second-order valence-corrected chi connectivity index (χ2v) is 9.04. The first kappa shape index (κ1) is 23.8. The van der Waals surface area contributed by atoms with Gasteiger partial charge in [0.25, 0.3) is 10.1 Å². The number of benzene rings is 2. The fourth-order valence-electron chi connectivity index (χ4n) is 2.89. The molecule has 14 heteroatoms. The Morgan fingerprint density at radius 3 is 2.42 bits per heavy atom. The Balaban J connectivity index is 0.000000203. The zero-order valence-electron chi connectivity index (χ0n) is 17.4. The highest BCUT2D eigenvalue weighted by Gasteiger charge is 2.19. The van der Waals surface area contributed by atoms with E-state index in [9.17, 15) is 17.8 Å². The summed E-state index contributed by atoms with van der Waals surface area (Å²) in [6.45, 7) is 1.68. The molecule has 0 aliphatic rings. The maximum Gasteiger partial charge on any atom is 0.337 e. The highest BCUT2D eigenvalue weighted by atomic mass is 32.2. The van der Waals surface area contributed by atoms with Crippen LogP contribution in [-0.2, 0) is 10.1 Å². The lowest BCUT2D eigenvalue weighted by Gasteiger charge is -2.09. The van der Waals surface area contributed by atoms with Gasteiger partial charge in [0.1, 0.15) is 10.6 Å². The number of aromatic carboxylic acids is 1. The number of anilines is 3. The van der Waals surface area contributed by atoms with Crippen molar-refractivity contribution in [2.24, 2.45) is 0 Å². The number of aryl methyl sites for hydroxylation is 1. The molecule has 4 aromatic rings. The number of aromatic nitrogens is 3. The van der Waals surface area contributed by atoms with Crippen LogP contribution in [-0.4, -0.2) is 45.9 Å². The topological polar surface area (TPSA) is 210 Å². The lowest BCUT2D eigenvalue weighted by Crippen LogP contribution is -2.06. The van der Waals surface area contributed by atoms with Crippen molar-refractivity contribution < 1.29 is 27.6 Å². The van der Waals surface area contributed by atoms with Gasteiger partial charge in [0.05, 0.1) is 40.0 Å². The van der Waals surface area contributed by atoms with E-state index in [0.29, 0.717) is 32.4 Å². The summed E-state index contributed by atoms with van der Waals surface area (Å²) in [6, 6.07) is 9.10. The Morgan fingerprint density at radius 2 is 1.88 bits per heavy atom. The van der Waals surface area contributed by atoms with Crippen molar-refractivity contribution in [3.05, 3.63) is 47.7 Å². The van der Waals surface area contributed by atoms with Crippen LogP contribution in [0.5, 0.6) is 5.75 Å². The average Bonchev–Trinajstić information content (AvgIpc) is 3.26. The zero-order valence-corrected chi connectivity index (χ0v) is 19.0. The average molecular weight is 493 g/mol. The molecule has 0 saturated heterocycles. The molecule has 8 N–H and O–H groups in total. The molecule has 12 nitrogen and oxygen atoms in total. The minimum Gasteiger partial charge on any atom is -0.495 e. The minimum atomic E-state index is -4.43. The van der Waals surface area contributed by atoms with Crippen molar-refractivity contribution in [1.82, 2.24) is 14.8 Å². The van der Waals surface area contributed by atoms with E-state index in [1.165, 1.54) is 35.3 Å². The number of rotatable bonds is 4. The molecule has 33 heavy (non-hydrogen) atoms. The van der Waals surface area contributed by atoms with Crippen LogP contribution in [0.15, 0.2) is 41.3 Å². The largest absolute Gasteiger partial charge is 0.495 e. The van der Waals surface area contributed by atoms with Crippen molar-refractivity contribution in [2.75, 3.05) is 24.3 Å². The molecule has 0 aliphatic carbocycles. The molecule has 0 radical (unpaired) electrons. The first-order valence-corrected chi connectivity index (χ1v) is 11.3. The molecule has 0 atom stereocenters. The second-order valence-electron chi connectivity index (χ2n) is 6.62. The van der Waals surface area contributed by atoms with E-state index in [2.05, 4.69) is 10.1 Å². The number of nitrogens with zero attached hydrogens (tertiary/aromatic N) is 3. The van der Waals surface area contributed by atoms with Crippen LogP contribution < -0.4 is 21.9 Å². The number of carboxylic acids is 1. The number of fused-ring (bicyclic) bond motifs is 1. The lowest BCUT2D eigenvalue weighted by atomic mass is 10.2. The summed E-state index contributed by atoms with van der Waals surface area (Å²) in [5.41, 5.74) is 19.1. The van der Waals surface area contributed by atoms with Crippen molar-refractivity contribution in [2.45, 2.75) is 11.8 Å². The molecule has 0 spiro atoms. The molecular formula is C19H20N6O6S2. The van der Waals surface area contributed by atoms with Gasteiger partial charge in [-0.25, -0.2) is 14.5 Å². The van der Waals surface area contributed by atoms with Gasteiger partial charge < -0.3 is 27.0 Å². The minimum absolute atomic E-state index is 0.0201. The van der Waals surface area contributed by atoms with E-state index in [0.717, 1.165) is 0 Å². The third-order valence-corrected chi connectivity index (χ3v) is 6.28. The second kappa shape index (κ2) is 8.93. The van der Waals surface area contributed by atoms with E-state index in [1.807, 2.05) is 0 Å². The Kier molecular flexibility index (Phi) is 6.44. The summed E-state index contributed by atoms with van der Waals surface area (Å²) in [5.74, 6) is -0.741. The number of methoxy groups -OCH3 is 1. The van der Waals surface area contributed by atoms with Gasteiger partial charge >= 0.3 is 5.97 Å². The van der Waals surface area contributed by atoms with E-state index in [-0.39, 0.29) is 22.0 Å². The van der Waals surface area contributed by atoms with Crippen LogP contribution in [0, 0.1) is 6.92 Å². The molecule has 0 aliphatic heterocycles. The van der Waals surface area contributed by atoms with E-state index in [1.54, 1.807) is 31.2 Å². The Hall–Kier alpha value is -3.88. The monoisotopic (exact) mass is 492 g/mol. The first-order valence-electron chi connectivity index (χ1n) is 9.08. The maximum absolute atomic E-state index is 11.3. The number of thiazole rings is 1. The fraction of sp³-hybridized carbons (Fsp3) is 0.105. The molecule has 0 bridgehead atoms. The molecule has 2 aromatic carbocycles. The van der Waals surface area contributed by atoms with Crippen LogP contribution in [0.1, 0.15) is 16.1 Å². The number of carbonyl (C=O) groups is 1. The molecule has 0 amide bonds. The van der Waals surface area contributed by atoms with E-state index in [4.69, 9.17) is 27.0 Å². The zero-order chi connectivity index (χ0) is 24.5. The molecule has 0 unspecified atom stereocenters. The highest BCUT2D eigenvalue weighted by Crippen LogP contribution is 2.29. The highest BCUT2D eigenvalue weighted by molar-refractivity contribution is 7.86.